The van der Waals surface area contributed by atoms with E-state index in [4.69, 9.17) is 11.5 Å². The first-order valence-corrected chi connectivity index (χ1v) is 6.65. The van der Waals surface area contributed by atoms with Gasteiger partial charge in [-0.3, -0.25) is 9.69 Å². The van der Waals surface area contributed by atoms with Gasteiger partial charge < -0.3 is 16.6 Å². The predicted octanol–water partition coefficient (Wildman–Crippen LogP) is 0.642. The summed E-state index contributed by atoms with van der Waals surface area (Å²) in [5.41, 5.74) is 12.5. The number of piperidine rings is 1. The van der Waals surface area contributed by atoms with E-state index in [1.807, 2.05) is 17.0 Å². The number of β-amino-alcohol motifs (C(OH)–C–C–N with tert-alkyl or cyclic N) is 1. The van der Waals surface area contributed by atoms with Crippen molar-refractivity contribution in [3.8, 4) is 0 Å². The number of carbonyl (C=O) groups excluding carboxylic acids is 1. The molecule has 1 aromatic rings. The minimum atomic E-state index is -0.624. The highest BCUT2D eigenvalue weighted by molar-refractivity contribution is 5.79. The molecular weight excluding hydrogens is 242 g/mol. The van der Waals surface area contributed by atoms with Crippen LogP contribution in [0.4, 0.5) is 5.69 Å². The second-order valence-electron chi connectivity index (χ2n) is 5.09. The molecule has 1 aliphatic heterocycles. The average Bonchev–Trinajstić information content (AvgIpc) is 2.39. The quantitative estimate of drug-likeness (QED) is 0.695. The molecular formula is C14H21N3O2. The van der Waals surface area contributed by atoms with Crippen molar-refractivity contribution in [2.24, 2.45) is 5.73 Å². The van der Waals surface area contributed by atoms with Crippen molar-refractivity contribution in [1.82, 2.24) is 4.90 Å². The van der Waals surface area contributed by atoms with Gasteiger partial charge in [0.25, 0.3) is 0 Å². The minimum Gasteiger partial charge on any atom is -0.399 e. The lowest BCUT2D eigenvalue weighted by Gasteiger charge is -2.34. The standard InChI is InChI=1S/C14H21N3O2/c15-11-6-4-10(5-7-11)13(18)9-17-8-2-1-3-12(17)14(16)19/h4-7,12-13,18H,1-3,8-9,15H2,(H2,16,19). The molecule has 2 unspecified atom stereocenters. The van der Waals surface area contributed by atoms with Crippen molar-refractivity contribution in [2.75, 3.05) is 18.8 Å². The zero-order valence-electron chi connectivity index (χ0n) is 11.0. The van der Waals surface area contributed by atoms with Crippen molar-refractivity contribution in [3.63, 3.8) is 0 Å². The minimum absolute atomic E-state index is 0.253. The largest absolute Gasteiger partial charge is 0.399 e. The number of carbonyl (C=O) groups is 1. The maximum atomic E-state index is 11.4. The molecule has 5 nitrogen and oxygen atoms in total. The van der Waals surface area contributed by atoms with E-state index in [9.17, 15) is 9.90 Å². The topological polar surface area (TPSA) is 92.6 Å². The summed E-state index contributed by atoms with van der Waals surface area (Å²) in [6.45, 7) is 1.23. The number of nitrogen functional groups attached to an aromatic ring is 1. The Morgan fingerprint density at radius 1 is 1.37 bits per heavy atom. The maximum Gasteiger partial charge on any atom is 0.234 e. The van der Waals surface area contributed by atoms with Crippen LogP contribution in [0.1, 0.15) is 30.9 Å². The number of likely N-dealkylation sites (tertiary alicyclic amines) is 1. The smallest absolute Gasteiger partial charge is 0.234 e. The first kappa shape index (κ1) is 13.8. The Labute approximate surface area is 113 Å². The number of nitrogens with zero attached hydrogens (tertiary/aromatic N) is 1. The maximum absolute atomic E-state index is 11.4. The molecule has 0 aliphatic carbocycles. The molecule has 1 amide bonds. The number of aliphatic hydroxyl groups is 1. The highest BCUT2D eigenvalue weighted by atomic mass is 16.3. The molecule has 0 bridgehead atoms. The van der Waals surface area contributed by atoms with E-state index in [2.05, 4.69) is 0 Å². The van der Waals surface area contributed by atoms with Gasteiger partial charge in [-0.1, -0.05) is 18.6 Å². The molecule has 5 N–H and O–H groups in total. The monoisotopic (exact) mass is 263 g/mol. The summed E-state index contributed by atoms with van der Waals surface area (Å²) in [6.07, 6.45) is 2.21. The average molecular weight is 263 g/mol. The predicted molar refractivity (Wildman–Crippen MR) is 74.2 cm³/mol. The van der Waals surface area contributed by atoms with Crippen LogP contribution in [0.25, 0.3) is 0 Å². The fourth-order valence-corrected chi connectivity index (χ4v) is 2.58. The summed E-state index contributed by atoms with van der Waals surface area (Å²) in [5, 5.41) is 10.2. The van der Waals surface area contributed by atoms with Crippen molar-refractivity contribution < 1.29 is 9.90 Å². The Hall–Kier alpha value is -1.59. The van der Waals surface area contributed by atoms with Crippen LogP contribution in [0.15, 0.2) is 24.3 Å². The van der Waals surface area contributed by atoms with Gasteiger partial charge in [-0.05, 0) is 37.1 Å². The van der Waals surface area contributed by atoms with Gasteiger partial charge in [0.2, 0.25) is 5.91 Å². The van der Waals surface area contributed by atoms with E-state index in [1.54, 1.807) is 12.1 Å². The molecule has 0 saturated carbocycles. The van der Waals surface area contributed by atoms with Gasteiger partial charge in [0.15, 0.2) is 0 Å². The van der Waals surface area contributed by atoms with Crippen molar-refractivity contribution in [2.45, 2.75) is 31.4 Å². The number of anilines is 1. The SMILES string of the molecule is NC(=O)C1CCCCN1CC(O)c1ccc(N)cc1. The number of rotatable bonds is 4. The number of nitrogens with two attached hydrogens (primary N) is 2. The second-order valence-corrected chi connectivity index (χ2v) is 5.09. The fourth-order valence-electron chi connectivity index (χ4n) is 2.58. The third-order valence-electron chi connectivity index (χ3n) is 3.67. The van der Waals surface area contributed by atoms with Gasteiger partial charge in [0.05, 0.1) is 12.1 Å². The lowest BCUT2D eigenvalue weighted by Crippen LogP contribution is -2.49. The normalized spacial score (nSPS) is 22.1. The van der Waals surface area contributed by atoms with Gasteiger partial charge >= 0.3 is 0 Å². The van der Waals surface area contributed by atoms with Gasteiger partial charge in [-0.2, -0.15) is 0 Å². The molecule has 1 aliphatic rings. The molecule has 0 radical (unpaired) electrons. The molecule has 5 heteroatoms. The van der Waals surface area contributed by atoms with Crippen molar-refractivity contribution in [1.29, 1.82) is 0 Å². The fraction of sp³-hybridized carbons (Fsp3) is 0.500. The summed E-state index contributed by atoms with van der Waals surface area (Å²) in [6, 6.07) is 6.89. The first-order chi connectivity index (χ1) is 9.08. The number of hydrogen-bond acceptors (Lipinski definition) is 4. The summed E-state index contributed by atoms with van der Waals surface area (Å²) in [4.78, 5) is 13.4. The lowest BCUT2D eigenvalue weighted by molar-refractivity contribution is -0.125. The van der Waals surface area contributed by atoms with E-state index in [-0.39, 0.29) is 11.9 Å². The van der Waals surface area contributed by atoms with Gasteiger partial charge in [-0.15, -0.1) is 0 Å². The van der Waals surface area contributed by atoms with Gasteiger partial charge in [-0.25, -0.2) is 0 Å². The third kappa shape index (κ3) is 3.45. The Morgan fingerprint density at radius 2 is 2.05 bits per heavy atom. The molecule has 19 heavy (non-hydrogen) atoms. The number of hydrogen-bond donors (Lipinski definition) is 3. The van der Waals surface area contributed by atoms with E-state index in [0.717, 1.165) is 31.4 Å². The zero-order valence-corrected chi connectivity index (χ0v) is 11.0. The van der Waals surface area contributed by atoms with Crippen LogP contribution in [0.3, 0.4) is 0 Å². The summed E-state index contributed by atoms with van der Waals surface area (Å²) < 4.78 is 0. The molecule has 1 aromatic carbocycles. The molecule has 1 fully saturated rings. The summed E-state index contributed by atoms with van der Waals surface area (Å²) >= 11 is 0. The van der Waals surface area contributed by atoms with E-state index in [1.165, 1.54) is 0 Å². The van der Waals surface area contributed by atoms with Crippen molar-refractivity contribution >= 4 is 11.6 Å². The molecule has 104 valence electrons. The van der Waals surface area contributed by atoms with Crippen LogP contribution in [-0.4, -0.2) is 35.0 Å². The highest BCUT2D eigenvalue weighted by Crippen LogP contribution is 2.22. The molecule has 0 spiro atoms. The zero-order chi connectivity index (χ0) is 13.8. The third-order valence-corrected chi connectivity index (χ3v) is 3.67. The Balaban J connectivity index is 2.02. The van der Waals surface area contributed by atoms with Gasteiger partial charge in [0, 0.05) is 12.2 Å². The van der Waals surface area contributed by atoms with E-state index < -0.39 is 6.10 Å². The Bertz CT molecular complexity index is 433. The van der Waals surface area contributed by atoms with E-state index in [0.29, 0.717) is 12.2 Å². The van der Waals surface area contributed by atoms with Crippen LogP contribution in [-0.2, 0) is 4.79 Å². The Morgan fingerprint density at radius 3 is 2.68 bits per heavy atom. The van der Waals surface area contributed by atoms with Gasteiger partial charge in [0.1, 0.15) is 0 Å². The molecule has 2 rings (SSSR count). The summed E-state index contributed by atoms with van der Waals surface area (Å²) in [7, 11) is 0. The Kier molecular flexibility index (Phi) is 4.39. The van der Waals surface area contributed by atoms with E-state index >= 15 is 0 Å². The number of primary amides is 1. The van der Waals surface area contributed by atoms with Crippen LogP contribution in [0, 0.1) is 0 Å². The lowest BCUT2D eigenvalue weighted by atomic mass is 10.00. The van der Waals surface area contributed by atoms with Crippen molar-refractivity contribution in [3.05, 3.63) is 29.8 Å². The summed E-state index contributed by atoms with van der Waals surface area (Å²) in [5.74, 6) is -0.302. The molecule has 2 atom stereocenters. The van der Waals surface area contributed by atoms with Crippen LogP contribution >= 0.6 is 0 Å². The first-order valence-electron chi connectivity index (χ1n) is 6.65. The highest BCUT2D eigenvalue weighted by Gasteiger charge is 2.28. The number of amides is 1. The van der Waals surface area contributed by atoms with Crippen LogP contribution in [0.5, 0.6) is 0 Å². The number of benzene rings is 1. The molecule has 0 aromatic heterocycles. The molecule has 1 heterocycles. The number of aliphatic hydroxyl groups excluding tert-OH is 1. The van der Waals surface area contributed by atoms with Crippen LogP contribution in [0.2, 0.25) is 0 Å². The second kappa shape index (κ2) is 6.04. The van der Waals surface area contributed by atoms with Crippen LogP contribution < -0.4 is 11.5 Å². The molecule has 1 saturated heterocycles.